The van der Waals surface area contributed by atoms with Crippen LogP contribution in [0.5, 0.6) is 0 Å². The number of ketones is 1. The molecule has 5 rings (SSSR count). The van der Waals surface area contributed by atoms with Gasteiger partial charge in [-0.2, -0.15) is 0 Å². The number of rotatable bonds is 4. The molecule has 0 spiro atoms. The van der Waals surface area contributed by atoms with Gasteiger partial charge in [0.1, 0.15) is 0 Å². The van der Waals surface area contributed by atoms with Gasteiger partial charge in [0.05, 0.1) is 0 Å². The number of carbonyl (C=O) groups is 1. The lowest BCUT2D eigenvalue weighted by Gasteiger charge is -1.99. The Hall–Kier alpha value is -4.04. The van der Waals surface area contributed by atoms with E-state index < -0.39 is 0 Å². The normalized spacial score (nSPS) is 10.3. The van der Waals surface area contributed by atoms with E-state index in [-0.39, 0.29) is 11.2 Å². The van der Waals surface area contributed by atoms with Crippen LogP contribution < -0.4 is 5.43 Å². The minimum atomic E-state index is 0.0752. The monoisotopic (exact) mass is 388 g/mol. The van der Waals surface area contributed by atoms with Gasteiger partial charge in [-0.1, -0.05) is 121 Å². The first-order valence-electron chi connectivity index (χ1n) is 9.80. The van der Waals surface area contributed by atoms with Crippen molar-refractivity contribution in [1.29, 1.82) is 0 Å². The summed E-state index contributed by atoms with van der Waals surface area (Å²) in [6.45, 7) is 0. The summed E-state index contributed by atoms with van der Waals surface area (Å²) in [6.07, 6.45) is 0. The Morgan fingerprint density at radius 3 is 1.07 bits per heavy atom. The SMILES string of the molecule is O=C(c1ccccc1)c1ccccc1.O=c1c(-c2ccccc2)c1-c1ccccc1. The summed E-state index contributed by atoms with van der Waals surface area (Å²) >= 11 is 0. The predicted octanol–water partition coefficient (Wildman–Crippen LogP) is 6.17. The quantitative estimate of drug-likeness (QED) is 0.345. The zero-order chi connectivity index (χ0) is 20.8. The minimum absolute atomic E-state index is 0.0752. The lowest BCUT2D eigenvalue weighted by Crippen LogP contribution is -1.99. The molecule has 0 saturated heterocycles. The molecule has 0 saturated carbocycles. The molecule has 0 amide bonds. The molecule has 2 nitrogen and oxygen atoms in total. The van der Waals surface area contributed by atoms with Crippen LogP contribution in [0.25, 0.3) is 22.3 Å². The van der Waals surface area contributed by atoms with Crippen molar-refractivity contribution in [1.82, 2.24) is 0 Å². The van der Waals surface area contributed by atoms with Crippen LogP contribution in [-0.4, -0.2) is 5.78 Å². The summed E-state index contributed by atoms with van der Waals surface area (Å²) in [7, 11) is 0. The highest BCUT2D eigenvalue weighted by Gasteiger charge is 2.24. The van der Waals surface area contributed by atoms with Crippen LogP contribution in [0.2, 0.25) is 0 Å². The molecule has 2 heteroatoms. The molecule has 0 unspecified atom stereocenters. The minimum Gasteiger partial charge on any atom is -0.289 e. The molecule has 30 heavy (non-hydrogen) atoms. The van der Waals surface area contributed by atoms with E-state index in [2.05, 4.69) is 0 Å². The van der Waals surface area contributed by atoms with Crippen molar-refractivity contribution in [2.45, 2.75) is 0 Å². The van der Waals surface area contributed by atoms with Gasteiger partial charge < -0.3 is 0 Å². The van der Waals surface area contributed by atoms with Crippen LogP contribution in [0.1, 0.15) is 15.9 Å². The third-order valence-corrected chi connectivity index (χ3v) is 4.84. The predicted molar refractivity (Wildman–Crippen MR) is 122 cm³/mol. The molecule has 144 valence electrons. The average Bonchev–Trinajstić information content (AvgIpc) is 3.52. The molecule has 0 radical (unpaired) electrons. The Bertz CT molecular complexity index is 1140. The van der Waals surface area contributed by atoms with Crippen LogP contribution in [-0.2, 0) is 0 Å². The van der Waals surface area contributed by atoms with Crippen LogP contribution >= 0.6 is 0 Å². The first-order valence-corrected chi connectivity index (χ1v) is 9.80. The maximum atomic E-state index is 11.8. The highest BCUT2D eigenvalue weighted by molar-refractivity contribution is 6.08. The largest absolute Gasteiger partial charge is 0.289 e. The van der Waals surface area contributed by atoms with Gasteiger partial charge in [-0.3, -0.25) is 9.59 Å². The van der Waals surface area contributed by atoms with Crippen molar-refractivity contribution >= 4 is 5.78 Å². The zero-order valence-corrected chi connectivity index (χ0v) is 16.4. The van der Waals surface area contributed by atoms with Gasteiger partial charge in [0.15, 0.2) is 11.2 Å². The summed E-state index contributed by atoms with van der Waals surface area (Å²) in [4.78, 5) is 23.6. The molecule has 0 atom stereocenters. The Morgan fingerprint density at radius 1 is 0.433 bits per heavy atom. The zero-order valence-electron chi connectivity index (χ0n) is 16.4. The van der Waals surface area contributed by atoms with E-state index in [0.717, 1.165) is 33.4 Å². The van der Waals surface area contributed by atoms with E-state index in [4.69, 9.17) is 0 Å². The Morgan fingerprint density at radius 2 is 0.733 bits per heavy atom. The van der Waals surface area contributed by atoms with Gasteiger partial charge in [0.2, 0.25) is 0 Å². The van der Waals surface area contributed by atoms with E-state index in [0.29, 0.717) is 0 Å². The molecular weight excluding hydrogens is 368 g/mol. The summed E-state index contributed by atoms with van der Waals surface area (Å²) in [5, 5.41) is 0. The topological polar surface area (TPSA) is 34.1 Å². The first-order chi connectivity index (χ1) is 14.8. The van der Waals surface area contributed by atoms with E-state index in [9.17, 15) is 9.59 Å². The Labute approximate surface area is 175 Å². The van der Waals surface area contributed by atoms with Crippen LogP contribution in [0.15, 0.2) is 126 Å². The summed E-state index contributed by atoms with van der Waals surface area (Å²) < 4.78 is 0. The molecule has 0 aromatic heterocycles. The summed E-state index contributed by atoms with van der Waals surface area (Å²) in [5.74, 6) is 0.0752. The molecule has 5 aromatic rings. The molecule has 0 aliphatic rings. The van der Waals surface area contributed by atoms with Crippen LogP contribution in [0.3, 0.4) is 0 Å². The second-order valence-electron chi connectivity index (χ2n) is 6.87. The van der Waals surface area contributed by atoms with Gasteiger partial charge in [0.25, 0.3) is 0 Å². The third kappa shape index (κ3) is 4.34. The second kappa shape index (κ2) is 8.97. The standard InChI is InChI=1S/C15H10O.C13H10O/c16-15-13(11-7-3-1-4-8-11)14(15)12-9-5-2-6-10-12;14-13(11-7-3-1-4-8-11)12-9-5-2-6-10-12/h1-10H;1-10H. The van der Waals surface area contributed by atoms with Gasteiger partial charge >= 0.3 is 0 Å². The molecule has 0 heterocycles. The number of benzene rings is 4. The molecular formula is C28H20O2. The smallest absolute Gasteiger partial charge is 0.195 e. The fraction of sp³-hybridized carbons (Fsp3) is 0. The molecule has 0 bridgehead atoms. The average molecular weight is 388 g/mol. The van der Waals surface area contributed by atoms with E-state index >= 15 is 0 Å². The Balaban J connectivity index is 0.000000147. The van der Waals surface area contributed by atoms with Crippen molar-refractivity contribution in [2.75, 3.05) is 0 Å². The van der Waals surface area contributed by atoms with Gasteiger partial charge in [-0.05, 0) is 11.1 Å². The highest BCUT2D eigenvalue weighted by atomic mass is 16.1. The summed E-state index contributed by atoms with van der Waals surface area (Å²) in [6, 6.07) is 38.2. The van der Waals surface area contributed by atoms with Crippen LogP contribution in [0, 0.1) is 0 Å². The fourth-order valence-corrected chi connectivity index (χ4v) is 3.28. The number of carbonyl (C=O) groups excluding carboxylic acids is 1. The maximum absolute atomic E-state index is 11.8. The lowest BCUT2D eigenvalue weighted by molar-refractivity contribution is 0.103. The van der Waals surface area contributed by atoms with Crippen LogP contribution in [0.4, 0.5) is 0 Å². The van der Waals surface area contributed by atoms with Gasteiger partial charge in [0, 0.05) is 22.3 Å². The molecule has 0 fully saturated rings. The number of hydrogen-bond acceptors (Lipinski definition) is 2. The van der Waals surface area contributed by atoms with Gasteiger partial charge in [-0.25, -0.2) is 0 Å². The van der Waals surface area contributed by atoms with E-state index in [1.165, 1.54) is 0 Å². The maximum Gasteiger partial charge on any atom is 0.195 e. The lowest BCUT2D eigenvalue weighted by atomic mass is 10.0. The van der Waals surface area contributed by atoms with Crippen molar-refractivity contribution in [2.24, 2.45) is 0 Å². The molecule has 5 aromatic carbocycles. The fourth-order valence-electron chi connectivity index (χ4n) is 3.28. The van der Waals surface area contributed by atoms with Crippen molar-refractivity contribution in [3.63, 3.8) is 0 Å². The number of hydrogen-bond donors (Lipinski definition) is 0. The highest BCUT2D eigenvalue weighted by Crippen LogP contribution is 2.33. The third-order valence-electron chi connectivity index (χ3n) is 4.84. The van der Waals surface area contributed by atoms with Crippen molar-refractivity contribution in [3.8, 4) is 22.3 Å². The van der Waals surface area contributed by atoms with E-state index in [1.54, 1.807) is 0 Å². The second-order valence-corrected chi connectivity index (χ2v) is 6.87. The van der Waals surface area contributed by atoms with E-state index in [1.807, 2.05) is 121 Å². The first kappa shape index (κ1) is 19.3. The van der Waals surface area contributed by atoms with Crippen molar-refractivity contribution < 1.29 is 4.79 Å². The van der Waals surface area contributed by atoms with Crippen molar-refractivity contribution in [3.05, 3.63) is 143 Å². The Kier molecular flexibility index (Phi) is 5.77. The molecule has 0 aliphatic carbocycles. The van der Waals surface area contributed by atoms with Gasteiger partial charge in [-0.15, -0.1) is 0 Å². The summed E-state index contributed by atoms with van der Waals surface area (Å²) in [5.41, 5.74) is 5.42. The molecule has 0 aliphatic heterocycles. The molecule has 0 N–H and O–H groups in total.